The molecule has 0 aromatic heterocycles. The van der Waals surface area contributed by atoms with Gasteiger partial charge in [0, 0.05) is 38.9 Å². The number of nitriles is 1. The van der Waals surface area contributed by atoms with E-state index in [0.717, 1.165) is 25.2 Å². The molecule has 0 aliphatic carbocycles. The van der Waals surface area contributed by atoms with Crippen LogP contribution in [0.4, 0.5) is 0 Å². The van der Waals surface area contributed by atoms with Crippen LogP contribution in [0, 0.1) is 11.3 Å². The maximum absolute atomic E-state index is 8.82. The van der Waals surface area contributed by atoms with Crippen molar-refractivity contribution in [3.63, 3.8) is 0 Å². The van der Waals surface area contributed by atoms with E-state index in [1.54, 1.807) is 26.4 Å². The van der Waals surface area contributed by atoms with Crippen LogP contribution in [0.1, 0.15) is 11.1 Å². The fourth-order valence-corrected chi connectivity index (χ4v) is 2.63. The molecule has 1 aromatic rings. The van der Waals surface area contributed by atoms with E-state index in [1.165, 1.54) is 0 Å². The number of likely N-dealkylation sites (tertiary alicyclic amines) is 1. The molecular formula is C14H17ClN2O2. The van der Waals surface area contributed by atoms with Crippen molar-refractivity contribution < 1.29 is 9.47 Å². The molecule has 0 radical (unpaired) electrons. The Labute approximate surface area is 118 Å². The quantitative estimate of drug-likeness (QED) is 0.847. The Hall–Kier alpha value is -1.12. The summed E-state index contributed by atoms with van der Waals surface area (Å²) in [5, 5.41) is 9.45. The fourth-order valence-electron chi connectivity index (χ4n) is 2.39. The van der Waals surface area contributed by atoms with Gasteiger partial charge in [-0.05, 0) is 17.7 Å². The first kappa shape index (κ1) is 14.3. The lowest BCUT2D eigenvalue weighted by molar-refractivity contribution is -0.00461. The highest BCUT2D eigenvalue weighted by atomic mass is 35.5. The van der Waals surface area contributed by atoms with Gasteiger partial charge in [0.25, 0.3) is 0 Å². The lowest BCUT2D eigenvalue weighted by atomic mass is 10.1. The summed E-state index contributed by atoms with van der Waals surface area (Å²) in [5.74, 6) is 0. The molecule has 0 saturated carbocycles. The standard InChI is InChI=1S/C14H17ClN2O2/c1-18-13-8-17(9-14(13)19-2)7-11-4-3-10(6-16)5-12(11)15/h3-5,13-14H,7-9H2,1-2H3. The third kappa shape index (κ3) is 3.26. The Morgan fingerprint density at radius 3 is 2.42 bits per heavy atom. The minimum absolute atomic E-state index is 0.0992. The summed E-state index contributed by atoms with van der Waals surface area (Å²) >= 11 is 6.19. The van der Waals surface area contributed by atoms with E-state index in [2.05, 4.69) is 11.0 Å². The summed E-state index contributed by atoms with van der Waals surface area (Å²) in [4.78, 5) is 2.25. The smallest absolute Gasteiger partial charge is 0.0992 e. The van der Waals surface area contributed by atoms with Gasteiger partial charge in [0.05, 0.1) is 23.8 Å². The van der Waals surface area contributed by atoms with E-state index in [1.807, 2.05) is 6.07 Å². The van der Waals surface area contributed by atoms with Gasteiger partial charge < -0.3 is 9.47 Å². The molecule has 1 aliphatic heterocycles. The van der Waals surface area contributed by atoms with Gasteiger partial charge in [-0.2, -0.15) is 5.26 Å². The Bertz CT molecular complexity index is 475. The zero-order valence-electron chi connectivity index (χ0n) is 11.1. The normalized spacial score (nSPS) is 23.5. The topological polar surface area (TPSA) is 45.5 Å². The molecule has 4 nitrogen and oxygen atoms in total. The van der Waals surface area contributed by atoms with Gasteiger partial charge in [0.1, 0.15) is 0 Å². The maximum Gasteiger partial charge on any atom is 0.0992 e. The second-order valence-corrected chi connectivity index (χ2v) is 5.07. The molecule has 1 aliphatic rings. The predicted molar refractivity (Wildman–Crippen MR) is 73.0 cm³/mol. The monoisotopic (exact) mass is 280 g/mol. The van der Waals surface area contributed by atoms with Crippen LogP contribution >= 0.6 is 11.6 Å². The van der Waals surface area contributed by atoms with Gasteiger partial charge in [-0.3, -0.25) is 4.90 Å². The van der Waals surface area contributed by atoms with Crippen molar-refractivity contribution in [2.24, 2.45) is 0 Å². The predicted octanol–water partition coefficient (Wildman–Crippen LogP) is 2.06. The lowest BCUT2D eigenvalue weighted by Gasteiger charge is -2.16. The first-order chi connectivity index (χ1) is 9.17. The zero-order valence-corrected chi connectivity index (χ0v) is 11.9. The van der Waals surface area contributed by atoms with E-state index in [4.69, 9.17) is 26.3 Å². The Morgan fingerprint density at radius 1 is 1.32 bits per heavy atom. The van der Waals surface area contributed by atoms with Crippen molar-refractivity contribution in [2.75, 3.05) is 27.3 Å². The Kier molecular flexibility index (Phi) is 4.78. The average molecular weight is 281 g/mol. The molecule has 0 amide bonds. The number of rotatable bonds is 4. The van der Waals surface area contributed by atoms with Crippen LogP contribution in [0.2, 0.25) is 5.02 Å². The number of nitrogens with zero attached hydrogens (tertiary/aromatic N) is 2. The van der Waals surface area contributed by atoms with Crippen molar-refractivity contribution in [2.45, 2.75) is 18.8 Å². The van der Waals surface area contributed by atoms with Gasteiger partial charge >= 0.3 is 0 Å². The van der Waals surface area contributed by atoms with E-state index in [-0.39, 0.29) is 12.2 Å². The van der Waals surface area contributed by atoms with Crippen LogP contribution in [0.25, 0.3) is 0 Å². The van der Waals surface area contributed by atoms with Crippen LogP contribution in [0.3, 0.4) is 0 Å². The number of methoxy groups -OCH3 is 2. The minimum Gasteiger partial charge on any atom is -0.377 e. The van der Waals surface area contributed by atoms with Crippen molar-refractivity contribution in [1.82, 2.24) is 4.90 Å². The first-order valence-corrected chi connectivity index (χ1v) is 6.52. The van der Waals surface area contributed by atoms with Gasteiger partial charge in [-0.1, -0.05) is 17.7 Å². The van der Waals surface area contributed by atoms with E-state index in [0.29, 0.717) is 10.6 Å². The van der Waals surface area contributed by atoms with Gasteiger partial charge in [0.2, 0.25) is 0 Å². The summed E-state index contributed by atoms with van der Waals surface area (Å²) in [6.45, 7) is 2.39. The van der Waals surface area contributed by atoms with Crippen LogP contribution < -0.4 is 0 Å². The van der Waals surface area contributed by atoms with Crippen LogP contribution in [0.15, 0.2) is 18.2 Å². The molecule has 1 saturated heterocycles. The highest BCUT2D eigenvalue weighted by Gasteiger charge is 2.32. The van der Waals surface area contributed by atoms with E-state index in [9.17, 15) is 0 Å². The zero-order chi connectivity index (χ0) is 13.8. The number of halogens is 1. The summed E-state index contributed by atoms with van der Waals surface area (Å²) in [6, 6.07) is 7.48. The SMILES string of the molecule is COC1CN(Cc2ccc(C#N)cc2Cl)CC1OC. The molecule has 0 N–H and O–H groups in total. The number of hydrogen-bond acceptors (Lipinski definition) is 4. The molecule has 5 heteroatoms. The van der Waals surface area contributed by atoms with E-state index < -0.39 is 0 Å². The highest BCUT2D eigenvalue weighted by molar-refractivity contribution is 6.31. The van der Waals surface area contributed by atoms with Crippen molar-refractivity contribution >= 4 is 11.6 Å². The molecule has 1 fully saturated rings. The average Bonchev–Trinajstić information content (AvgIpc) is 2.83. The molecule has 1 heterocycles. The third-order valence-corrected chi connectivity index (χ3v) is 3.82. The number of ether oxygens (including phenoxy) is 2. The first-order valence-electron chi connectivity index (χ1n) is 6.14. The second kappa shape index (κ2) is 6.36. The largest absolute Gasteiger partial charge is 0.377 e. The second-order valence-electron chi connectivity index (χ2n) is 4.66. The van der Waals surface area contributed by atoms with Gasteiger partial charge in [-0.15, -0.1) is 0 Å². The lowest BCUT2D eigenvalue weighted by Crippen LogP contribution is -2.27. The fraction of sp³-hybridized carbons (Fsp3) is 0.500. The third-order valence-electron chi connectivity index (χ3n) is 3.47. The highest BCUT2D eigenvalue weighted by Crippen LogP contribution is 2.23. The molecule has 2 atom stereocenters. The summed E-state index contributed by atoms with van der Waals surface area (Å²) in [7, 11) is 3.41. The van der Waals surface area contributed by atoms with Crippen LogP contribution in [-0.2, 0) is 16.0 Å². The van der Waals surface area contributed by atoms with Crippen molar-refractivity contribution in [3.05, 3.63) is 34.3 Å². The Balaban J connectivity index is 2.05. The molecule has 0 bridgehead atoms. The van der Waals surface area contributed by atoms with E-state index >= 15 is 0 Å². The molecular weight excluding hydrogens is 264 g/mol. The summed E-state index contributed by atoms with van der Waals surface area (Å²) in [5.41, 5.74) is 1.60. The molecule has 19 heavy (non-hydrogen) atoms. The number of benzene rings is 1. The maximum atomic E-state index is 8.82. The summed E-state index contributed by atoms with van der Waals surface area (Å²) < 4.78 is 10.8. The van der Waals surface area contributed by atoms with Crippen molar-refractivity contribution in [3.8, 4) is 6.07 Å². The van der Waals surface area contributed by atoms with Gasteiger partial charge in [0.15, 0.2) is 0 Å². The van der Waals surface area contributed by atoms with Crippen LogP contribution in [0.5, 0.6) is 0 Å². The minimum atomic E-state index is 0.0992. The van der Waals surface area contributed by atoms with Crippen LogP contribution in [-0.4, -0.2) is 44.4 Å². The summed E-state index contributed by atoms with van der Waals surface area (Å²) in [6.07, 6.45) is 0.198. The molecule has 2 rings (SSSR count). The molecule has 1 aromatic carbocycles. The Morgan fingerprint density at radius 2 is 1.95 bits per heavy atom. The molecule has 102 valence electrons. The number of hydrogen-bond donors (Lipinski definition) is 0. The van der Waals surface area contributed by atoms with Crippen molar-refractivity contribution in [1.29, 1.82) is 5.26 Å². The molecule has 2 unspecified atom stereocenters. The van der Waals surface area contributed by atoms with Gasteiger partial charge in [-0.25, -0.2) is 0 Å². The molecule has 0 spiro atoms.